The van der Waals surface area contributed by atoms with Crippen molar-refractivity contribution in [3.63, 3.8) is 0 Å². The molecule has 1 aliphatic rings. The van der Waals surface area contributed by atoms with Gasteiger partial charge in [-0.05, 0) is 69.7 Å². The first kappa shape index (κ1) is 27.3. The number of fused-ring (bicyclic) bond motifs is 1. The lowest BCUT2D eigenvalue weighted by molar-refractivity contribution is -0.156. The number of benzene rings is 1. The van der Waals surface area contributed by atoms with Gasteiger partial charge in [-0.2, -0.15) is 10.4 Å². The van der Waals surface area contributed by atoms with Gasteiger partial charge in [0.2, 0.25) is 0 Å². The molecule has 1 aliphatic carbocycles. The van der Waals surface area contributed by atoms with Crippen molar-refractivity contribution in [2.45, 2.75) is 65.1 Å². The zero-order chi connectivity index (χ0) is 27.4. The standard InChI is InChI=1S/C28H35FN6O3/c1-17(12-24(36)38-28(2,3)4)25(18-6-7-18)33-27-22(29)14-19(15-30)26(34-27)32-21-8-9-23-20(13-21)16-31-35(23)10-11-37-5/h8-9,13-14,16-18,25H,6-7,10-12H2,1-5H3,(H2,32,33,34)/t17-,25+/m1/s1. The SMILES string of the molecule is COCCn1ncc2cc(Nc3nc(N[C@H](C4CC4)[C@H](C)CC(=O)OC(C)(C)C)c(F)cc3C#N)ccc21. The average molecular weight is 523 g/mol. The largest absolute Gasteiger partial charge is 0.460 e. The van der Waals surface area contributed by atoms with Crippen LogP contribution < -0.4 is 10.6 Å². The Kier molecular flexibility index (Phi) is 8.17. The Hall–Kier alpha value is -3.71. The maximum atomic E-state index is 15.0. The van der Waals surface area contributed by atoms with E-state index in [1.807, 2.05) is 56.6 Å². The average Bonchev–Trinajstić information content (AvgIpc) is 3.61. The molecule has 0 amide bonds. The zero-order valence-corrected chi connectivity index (χ0v) is 22.5. The third-order valence-electron chi connectivity index (χ3n) is 6.46. The monoisotopic (exact) mass is 522 g/mol. The van der Waals surface area contributed by atoms with Crippen molar-refractivity contribution < 1.29 is 18.7 Å². The van der Waals surface area contributed by atoms with E-state index in [0.717, 1.165) is 23.7 Å². The number of halogens is 1. The highest BCUT2D eigenvalue weighted by atomic mass is 19.1. The quantitative estimate of drug-likeness (QED) is 0.322. The maximum absolute atomic E-state index is 15.0. The first-order valence-corrected chi connectivity index (χ1v) is 12.9. The third kappa shape index (κ3) is 6.78. The van der Waals surface area contributed by atoms with Gasteiger partial charge < -0.3 is 20.1 Å². The van der Waals surface area contributed by atoms with E-state index in [9.17, 15) is 10.1 Å². The second-order valence-corrected chi connectivity index (χ2v) is 10.9. The van der Waals surface area contributed by atoms with Gasteiger partial charge in [0.05, 0.1) is 36.8 Å². The molecule has 2 N–H and O–H groups in total. The van der Waals surface area contributed by atoms with Gasteiger partial charge in [-0.3, -0.25) is 9.48 Å². The van der Waals surface area contributed by atoms with Crippen molar-refractivity contribution in [1.29, 1.82) is 5.26 Å². The van der Waals surface area contributed by atoms with Gasteiger partial charge in [0, 0.05) is 24.2 Å². The fourth-order valence-corrected chi connectivity index (χ4v) is 4.54. The van der Waals surface area contributed by atoms with E-state index < -0.39 is 11.4 Å². The summed E-state index contributed by atoms with van der Waals surface area (Å²) in [4.78, 5) is 16.9. The molecule has 9 nitrogen and oxygen atoms in total. The van der Waals surface area contributed by atoms with Crippen LogP contribution in [0.15, 0.2) is 30.5 Å². The molecule has 0 bridgehead atoms. The summed E-state index contributed by atoms with van der Waals surface area (Å²) in [6, 6.07) is 8.75. The molecule has 1 saturated carbocycles. The van der Waals surface area contributed by atoms with Gasteiger partial charge in [-0.15, -0.1) is 0 Å². The smallest absolute Gasteiger partial charge is 0.306 e. The van der Waals surface area contributed by atoms with Crippen LogP contribution in [-0.4, -0.2) is 46.1 Å². The summed E-state index contributed by atoms with van der Waals surface area (Å²) in [7, 11) is 1.65. The first-order valence-electron chi connectivity index (χ1n) is 12.9. The van der Waals surface area contributed by atoms with E-state index in [2.05, 4.69) is 20.7 Å². The van der Waals surface area contributed by atoms with Gasteiger partial charge in [0.15, 0.2) is 17.5 Å². The molecule has 2 atom stereocenters. The molecule has 4 rings (SSSR count). The molecular formula is C28H35FN6O3. The minimum Gasteiger partial charge on any atom is -0.460 e. The number of pyridine rings is 1. The second-order valence-electron chi connectivity index (χ2n) is 10.9. The fourth-order valence-electron chi connectivity index (χ4n) is 4.54. The summed E-state index contributed by atoms with van der Waals surface area (Å²) in [5, 5.41) is 21.4. The predicted octanol–water partition coefficient (Wildman–Crippen LogP) is 5.39. The normalized spacial score (nSPS) is 15.1. The lowest BCUT2D eigenvalue weighted by atomic mass is 9.94. The van der Waals surface area contributed by atoms with Crippen LogP contribution in [0.4, 0.5) is 21.7 Å². The van der Waals surface area contributed by atoms with Crippen LogP contribution in [0.2, 0.25) is 0 Å². The number of nitriles is 1. The minimum atomic E-state index is -0.614. The molecular weight excluding hydrogens is 487 g/mol. The van der Waals surface area contributed by atoms with Crippen LogP contribution in [0.5, 0.6) is 0 Å². The fraction of sp³-hybridized carbons (Fsp3) is 0.500. The Labute approximate surface area is 222 Å². The molecule has 10 heteroatoms. The number of hydrogen-bond acceptors (Lipinski definition) is 8. The van der Waals surface area contributed by atoms with E-state index in [1.54, 1.807) is 13.3 Å². The van der Waals surface area contributed by atoms with Crippen molar-refractivity contribution in [3.8, 4) is 6.07 Å². The van der Waals surface area contributed by atoms with E-state index in [4.69, 9.17) is 9.47 Å². The van der Waals surface area contributed by atoms with Crippen LogP contribution in [0, 0.1) is 29.0 Å². The molecule has 0 spiro atoms. The Balaban J connectivity index is 1.54. The van der Waals surface area contributed by atoms with Gasteiger partial charge in [0.1, 0.15) is 11.7 Å². The molecule has 0 unspecified atom stereocenters. The summed E-state index contributed by atoms with van der Waals surface area (Å²) in [6.45, 7) is 8.65. The van der Waals surface area contributed by atoms with Crippen LogP contribution in [-0.2, 0) is 20.8 Å². The lowest BCUT2D eigenvalue weighted by Crippen LogP contribution is -2.34. The molecule has 2 aromatic heterocycles. The number of carbonyl (C=O) groups is 1. The Morgan fingerprint density at radius 3 is 2.71 bits per heavy atom. The molecule has 3 aromatic rings. The Bertz CT molecular complexity index is 1340. The molecule has 1 fully saturated rings. The Morgan fingerprint density at radius 1 is 1.29 bits per heavy atom. The van der Waals surface area contributed by atoms with Gasteiger partial charge >= 0.3 is 5.97 Å². The minimum absolute atomic E-state index is 0.0490. The number of carbonyl (C=O) groups excluding carboxylic acids is 1. The van der Waals surface area contributed by atoms with Crippen LogP contribution in [0.3, 0.4) is 0 Å². The lowest BCUT2D eigenvalue weighted by Gasteiger charge is -2.27. The Morgan fingerprint density at radius 2 is 2.05 bits per heavy atom. The second kappa shape index (κ2) is 11.4. The van der Waals surface area contributed by atoms with Crippen molar-refractivity contribution in [2.24, 2.45) is 11.8 Å². The number of rotatable bonds is 11. The van der Waals surface area contributed by atoms with E-state index in [1.165, 1.54) is 6.07 Å². The van der Waals surface area contributed by atoms with Crippen molar-refractivity contribution >= 4 is 34.2 Å². The number of hydrogen-bond donors (Lipinski definition) is 2. The van der Waals surface area contributed by atoms with Gasteiger partial charge in [0.25, 0.3) is 0 Å². The van der Waals surface area contributed by atoms with Crippen molar-refractivity contribution in [2.75, 3.05) is 24.4 Å². The van der Waals surface area contributed by atoms with Gasteiger partial charge in [-0.25, -0.2) is 9.37 Å². The summed E-state index contributed by atoms with van der Waals surface area (Å²) >= 11 is 0. The van der Waals surface area contributed by atoms with Crippen LogP contribution in [0.1, 0.15) is 52.5 Å². The number of nitrogens with one attached hydrogen (secondary N) is 2. The topological polar surface area (TPSA) is 114 Å². The van der Waals surface area contributed by atoms with Gasteiger partial charge in [-0.1, -0.05) is 6.92 Å². The van der Waals surface area contributed by atoms with Crippen LogP contribution >= 0.6 is 0 Å². The number of methoxy groups -OCH3 is 1. The van der Waals surface area contributed by atoms with Crippen LogP contribution in [0.25, 0.3) is 10.9 Å². The summed E-state index contributed by atoms with van der Waals surface area (Å²) < 4.78 is 27.5. The van der Waals surface area contributed by atoms with E-state index >= 15 is 4.39 Å². The zero-order valence-electron chi connectivity index (χ0n) is 22.5. The predicted molar refractivity (Wildman–Crippen MR) is 144 cm³/mol. The van der Waals surface area contributed by atoms with Crippen molar-refractivity contribution in [3.05, 3.63) is 41.8 Å². The number of nitrogens with zero attached hydrogens (tertiary/aromatic N) is 4. The van der Waals surface area contributed by atoms with E-state index in [0.29, 0.717) is 24.8 Å². The number of ether oxygens (including phenoxy) is 2. The first-order chi connectivity index (χ1) is 18.1. The highest BCUT2D eigenvalue weighted by Crippen LogP contribution is 2.39. The third-order valence-corrected chi connectivity index (χ3v) is 6.46. The summed E-state index contributed by atoms with van der Waals surface area (Å²) in [5.41, 5.74) is 1.18. The van der Waals surface area contributed by atoms with Crippen molar-refractivity contribution in [1.82, 2.24) is 14.8 Å². The van der Waals surface area contributed by atoms with E-state index in [-0.39, 0.29) is 41.5 Å². The highest BCUT2D eigenvalue weighted by Gasteiger charge is 2.37. The molecule has 0 saturated heterocycles. The highest BCUT2D eigenvalue weighted by molar-refractivity contribution is 5.83. The molecule has 38 heavy (non-hydrogen) atoms. The molecule has 202 valence electrons. The number of anilines is 3. The maximum Gasteiger partial charge on any atom is 0.306 e. The summed E-state index contributed by atoms with van der Waals surface area (Å²) in [5.74, 6) is -0.378. The molecule has 0 radical (unpaired) electrons. The number of aromatic nitrogens is 3. The molecule has 1 aromatic carbocycles. The summed E-state index contributed by atoms with van der Waals surface area (Å²) in [6.07, 6.45) is 3.97. The molecule has 0 aliphatic heterocycles. The molecule has 2 heterocycles. The number of esters is 1.